The van der Waals surface area contributed by atoms with Crippen LogP contribution in [-0.4, -0.2) is 36.6 Å². The van der Waals surface area contributed by atoms with Gasteiger partial charge < -0.3 is 19.7 Å². The van der Waals surface area contributed by atoms with Crippen molar-refractivity contribution in [3.05, 3.63) is 86.5 Å². The Bertz CT molecular complexity index is 418. The molecule has 0 spiro atoms. The molecule has 0 heterocycles. The van der Waals surface area contributed by atoms with Gasteiger partial charge in [0, 0.05) is 12.0 Å². The molecule has 0 radical (unpaired) electrons. The fourth-order valence-electron chi connectivity index (χ4n) is 1.38. The van der Waals surface area contributed by atoms with E-state index in [4.69, 9.17) is 9.47 Å². The van der Waals surface area contributed by atoms with Crippen molar-refractivity contribution in [2.75, 3.05) is 26.4 Å². The highest BCUT2D eigenvalue weighted by molar-refractivity contribution is 5.19. The zero-order valence-corrected chi connectivity index (χ0v) is 15.3. The quantitative estimate of drug-likeness (QED) is 0.381. The van der Waals surface area contributed by atoms with Gasteiger partial charge in [0.25, 0.3) is 0 Å². The number of benzene rings is 1. The van der Waals surface area contributed by atoms with Gasteiger partial charge in [-0.1, -0.05) is 61.6 Å². The van der Waals surface area contributed by atoms with Crippen LogP contribution in [0.1, 0.15) is 18.9 Å². The lowest BCUT2D eigenvalue weighted by molar-refractivity contribution is -0.171. The highest BCUT2D eigenvalue weighted by Gasteiger charge is 2.21. The van der Waals surface area contributed by atoms with Gasteiger partial charge >= 0.3 is 0 Å². The van der Waals surface area contributed by atoms with Gasteiger partial charge in [-0.25, -0.2) is 0 Å². The first-order chi connectivity index (χ1) is 12.0. The molecule has 25 heavy (non-hydrogen) atoms. The summed E-state index contributed by atoms with van der Waals surface area (Å²) in [4.78, 5) is 0. The molecule has 0 atom stereocenters. The number of hydrogen-bond acceptors (Lipinski definition) is 4. The lowest BCUT2D eigenvalue weighted by Gasteiger charge is -2.19. The highest BCUT2D eigenvalue weighted by Crippen LogP contribution is 2.20. The fraction of sp³-hybridized carbons (Fsp3) is 0.333. The van der Waals surface area contributed by atoms with Crippen molar-refractivity contribution in [3.8, 4) is 0 Å². The Morgan fingerprint density at radius 2 is 1.16 bits per heavy atom. The molecule has 1 rings (SSSR count). The summed E-state index contributed by atoms with van der Waals surface area (Å²) >= 11 is 0. The van der Waals surface area contributed by atoms with E-state index in [1.165, 1.54) is 0 Å². The molecule has 140 valence electrons. The summed E-state index contributed by atoms with van der Waals surface area (Å²) in [7, 11) is 0. The average molecular weight is 348 g/mol. The van der Waals surface area contributed by atoms with Crippen LogP contribution in [0.5, 0.6) is 0 Å². The SMILES string of the molecule is C=CCOCC=C.C=CCOCC=C.CCC(O)(O)c1ccccc1. The second-order valence-electron chi connectivity index (χ2n) is 4.77. The maximum atomic E-state index is 9.35. The lowest BCUT2D eigenvalue weighted by atomic mass is 10.0. The molecule has 2 N–H and O–H groups in total. The van der Waals surface area contributed by atoms with E-state index >= 15 is 0 Å². The van der Waals surface area contributed by atoms with E-state index in [0.717, 1.165) is 0 Å². The van der Waals surface area contributed by atoms with Crippen LogP contribution in [-0.2, 0) is 15.3 Å². The number of ether oxygens (including phenoxy) is 2. The first kappa shape index (κ1) is 25.3. The molecule has 0 aromatic heterocycles. The van der Waals surface area contributed by atoms with Gasteiger partial charge in [0.2, 0.25) is 0 Å². The molecule has 0 unspecified atom stereocenters. The summed E-state index contributed by atoms with van der Waals surface area (Å²) in [6.45, 7) is 18.1. The van der Waals surface area contributed by atoms with E-state index in [2.05, 4.69) is 26.3 Å². The van der Waals surface area contributed by atoms with Crippen molar-refractivity contribution >= 4 is 0 Å². The van der Waals surface area contributed by atoms with Crippen molar-refractivity contribution in [2.24, 2.45) is 0 Å². The standard InChI is InChI=1S/C9H12O2.2C6H10O/c1-2-9(10,11)8-6-4-3-5-7-8;2*1-3-5-7-6-4-2/h3-7,10-11H,2H2,1H3;2*3-4H,1-2,5-6H2. The minimum Gasteiger partial charge on any atom is -0.373 e. The molecule has 0 fully saturated rings. The summed E-state index contributed by atoms with van der Waals surface area (Å²) in [5.41, 5.74) is 0.544. The molecular formula is C21H32O4. The second-order valence-corrected chi connectivity index (χ2v) is 4.77. The number of aliphatic hydroxyl groups is 2. The Morgan fingerprint density at radius 1 is 0.800 bits per heavy atom. The van der Waals surface area contributed by atoms with Crippen LogP contribution in [0.2, 0.25) is 0 Å². The fourth-order valence-corrected chi connectivity index (χ4v) is 1.38. The summed E-state index contributed by atoms with van der Waals surface area (Å²) in [6.07, 6.45) is 7.15. The number of hydrogen-bond donors (Lipinski definition) is 2. The van der Waals surface area contributed by atoms with Crippen molar-refractivity contribution in [1.82, 2.24) is 0 Å². The molecule has 4 nitrogen and oxygen atoms in total. The first-order valence-corrected chi connectivity index (χ1v) is 8.09. The monoisotopic (exact) mass is 348 g/mol. The van der Waals surface area contributed by atoms with Gasteiger partial charge in [0.15, 0.2) is 5.79 Å². The summed E-state index contributed by atoms with van der Waals surface area (Å²) in [5, 5.41) is 18.7. The molecule has 1 aromatic carbocycles. The topological polar surface area (TPSA) is 58.9 Å². The lowest BCUT2D eigenvalue weighted by Crippen LogP contribution is -2.23. The zero-order valence-electron chi connectivity index (χ0n) is 15.3. The Balaban J connectivity index is 0. The van der Waals surface area contributed by atoms with Crippen LogP contribution in [0.4, 0.5) is 0 Å². The van der Waals surface area contributed by atoms with Crippen LogP contribution in [0.15, 0.2) is 81.0 Å². The zero-order chi connectivity index (χ0) is 19.4. The molecular weight excluding hydrogens is 316 g/mol. The maximum Gasteiger partial charge on any atom is 0.189 e. The molecule has 1 aromatic rings. The molecule has 0 saturated heterocycles. The summed E-state index contributed by atoms with van der Waals surface area (Å²) < 4.78 is 9.79. The summed E-state index contributed by atoms with van der Waals surface area (Å²) in [5.74, 6) is -1.67. The first-order valence-electron chi connectivity index (χ1n) is 8.09. The van der Waals surface area contributed by atoms with Crippen LogP contribution in [0.3, 0.4) is 0 Å². The predicted molar refractivity (Wildman–Crippen MR) is 105 cm³/mol. The Labute approximate surface area is 152 Å². The minimum absolute atomic E-state index is 0.303. The average Bonchev–Trinajstić information content (AvgIpc) is 2.64. The Morgan fingerprint density at radius 3 is 1.44 bits per heavy atom. The van der Waals surface area contributed by atoms with Gasteiger partial charge in [-0.05, 0) is 0 Å². The molecule has 0 amide bonds. The maximum absolute atomic E-state index is 9.35. The smallest absolute Gasteiger partial charge is 0.189 e. The van der Waals surface area contributed by atoms with Gasteiger partial charge in [0.1, 0.15) is 0 Å². The van der Waals surface area contributed by atoms with Gasteiger partial charge in [-0.3, -0.25) is 0 Å². The van der Waals surface area contributed by atoms with Crippen LogP contribution in [0.25, 0.3) is 0 Å². The molecule has 4 heteroatoms. The minimum atomic E-state index is -1.67. The molecule has 0 saturated carbocycles. The van der Waals surface area contributed by atoms with E-state index < -0.39 is 5.79 Å². The van der Waals surface area contributed by atoms with E-state index in [1.807, 2.05) is 6.07 Å². The normalized spacial score (nSPS) is 9.56. The van der Waals surface area contributed by atoms with Crippen molar-refractivity contribution in [3.63, 3.8) is 0 Å². The van der Waals surface area contributed by atoms with Gasteiger partial charge in [0.05, 0.1) is 26.4 Å². The third-order valence-electron chi connectivity index (χ3n) is 2.67. The largest absolute Gasteiger partial charge is 0.373 e. The molecule has 0 bridgehead atoms. The van der Waals surface area contributed by atoms with E-state index in [-0.39, 0.29) is 0 Å². The summed E-state index contributed by atoms with van der Waals surface area (Å²) in [6, 6.07) is 8.81. The third kappa shape index (κ3) is 16.7. The van der Waals surface area contributed by atoms with E-state index in [0.29, 0.717) is 38.4 Å². The second kappa shape index (κ2) is 18.4. The van der Waals surface area contributed by atoms with E-state index in [9.17, 15) is 10.2 Å². The van der Waals surface area contributed by atoms with Crippen molar-refractivity contribution < 1.29 is 19.7 Å². The van der Waals surface area contributed by atoms with Crippen LogP contribution in [0, 0.1) is 0 Å². The van der Waals surface area contributed by atoms with Crippen molar-refractivity contribution in [1.29, 1.82) is 0 Å². The predicted octanol–water partition coefficient (Wildman–Crippen LogP) is 3.98. The number of rotatable bonds is 10. The van der Waals surface area contributed by atoms with Gasteiger partial charge in [-0.2, -0.15) is 0 Å². The van der Waals surface area contributed by atoms with Crippen LogP contribution < -0.4 is 0 Å². The molecule has 0 aliphatic carbocycles. The van der Waals surface area contributed by atoms with E-state index in [1.54, 1.807) is 55.5 Å². The Hall–Kier alpha value is -1.98. The third-order valence-corrected chi connectivity index (χ3v) is 2.67. The molecule has 0 aliphatic rings. The van der Waals surface area contributed by atoms with Gasteiger partial charge in [-0.15, -0.1) is 26.3 Å². The highest BCUT2D eigenvalue weighted by atomic mass is 16.5. The van der Waals surface area contributed by atoms with Crippen LogP contribution >= 0.6 is 0 Å². The Kier molecular flexibility index (Phi) is 18.6. The van der Waals surface area contributed by atoms with Crippen molar-refractivity contribution in [2.45, 2.75) is 19.1 Å². The molecule has 0 aliphatic heterocycles.